The quantitative estimate of drug-likeness (QED) is 0.0572. The van der Waals surface area contributed by atoms with Crippen LogP contribution in [0.3, 0.4) is 0 Å². The van der Waals surface area contributed by atoms with Gasteiger partial charge in [0.2, 0.25) is 23.5 Å². The van der Waals surface area contributed by atoms with Crippen molar-refractivity contribution < 1.29 is 65.8 Å². The third-order valence-electron chi connectivity index (χ3n) is 11.1. The lowest BCUT2D eigenvalue weighted by Gasteiger charge is -2.35. The number of nitrogens with zero attached hydrogens (tertiary/aromatic N) is 1. The summed E-state index contributed by atoms with van der Waals surface area (Å²) in [5.74, 6) is -19.8. The molecule has 2 fully saturated rings. The number of ether oxygens (including phenoxy) is 1. The molecule has 338 valence electrons. The monoisotopic (exact) mass is 874 g/mol. The Morgan fingerprint density at radius 3 is 2.03 bits per heavy atom. The third-order valence-corrected chi connectivity index (χ3v) is 11.1. The largest absolute Gasteiger partial charge is 0.478 e. The van der Waals surface area contributed by atoms with E-state index in [1.54, 1.807) is 58.0 Å². The van der Waals surface area contributed by atoms with Gasteiger partial charge in [-0.05, 0) is 51.5 Å². The zero-order valence-electron chi connectivity index (χ0n) is 35.2. The SMILES string of the molecule is CCCC(CC(=O)[C@@H]1C[C@@H](OC(C)(C)C)CN1C(=O)[C@@H](NC(=O)c1c(F)c(F)c(F)c(F)c1C(=O)O)C1CCCCC1)C(=O)C(=O)CCC(=O)NC(CC(N)=O)c1ccccc1. The van der Waals surface area contributed by atoms with Crippen molar-refractivity contribution in [3.05, 3.63) is 70.3 Å². The number of hydrogen-bond donors (Lipinski definition) is 4. The van der Waals surface area contributed by atoms with Crippen molar-refractivity contribution in [1.29, 1.82) is 0 Å². The number of likely N-dealkylation sites (tertiary alicyclic amines) is 1. The number of hydrogen-bond acceptors (Lipinski definition) is 9. The van der Waals surface area contributed by atoms with E-state index in [9.17, 15) is 56.6 Å². The first kappa shape index (κ1) is 49.1. The molecule has 62 heavy (non-hydrogen) atoms. The van der Waals surface area contributed by atoms with E-state index in [0.29, 0.717) is 37.7 Å². The second-order valence-electron chi connectivity index (χ2n) is 16.9. The average Bonchev–Trinajstić information content (AvgIpc) is 3.64. The minimum Gasteiger partial charge on any atom is -0.478 e. The number of ketones is 3. The molecule has 18 heteroatoms. The molecular weight excluding hydrogens is 820 g/mol. The summed E-state index contributed by atoms with van der Waals surface area (Å²) in [5, 5.41) is 14.5. The maximum atomic E-state index is 15.1. The van der Waals surface area contributed by atoms with Crippen LogP contribution >= 0.6 is 0 Å². The summed E-state index contributed by atoms with van der Waals surface area (Å²) in [4.78, 5) is 107. The van der Waals surface area contributed by atoms with E-state index in [1.807, 2.05) is 0 Å². The summed E-state index contributed by atoms with van der Waals surface area (Å²) in [6, 6.07) is 4.93. The highest BCUT2D eigenvalue weighted by atomic mass is 19.2. The van der Waals surface area contributed by atoms with Crippen LogP contribution in [-0.2, 0) is 33.5 Å². The van der Waals surface area contributed by atoms with E-state index in [4.69, 9.17) is 10.5 Å². The Labute approximate surface area is 356 Å². The van der Waals surface area contributed by atoms with Gasteiger partial charge in [0, 0.05) is 38.1 Å². The predicted molar refractivity (Wildman–Crippen MR) is 214 cm³/mol. The summed E-state index contributed by atoms with van der Waals surface area (Å²) in [6.45, 7) is 6.78. The molecule has 1 heterocycles. The van der Waals surface area contributed by atoms with Crippen LogP contribution < -0.4 is 16.4 Å². The summed E-state index contributed by atoms with van der Waals surface area (Å²) in [6.07, 6.45) is 0.705. The van der Waals surface area contributed by atoms with Gasteiger partial charge >= 0.3 is 5.97 Å². The van der Waals surface area contributed by atoms with E-state index in [1.165, 1.54) is 0 Å². The molecule has 4 rings (SSSR count). The maximum absolute atomic E-state index is 15.1. The van der Waals surface area contributed by atoms with E-state index in [-0.39, 0.29) is 25.8 Å². The average molecular weight is 875 g/mol. The topological polar surface area (TPSA) is 219 Å². The van der Waals surface area contributed by atoms with Gasteiger partial charge in [0.05, 0.1) is 35.8 Å². The molecule has 14 nitrogen and oxygen atoms in total. The number of carbonyl (C=O) groups excluding carboxylic acids is 7. The van der Waals surface area contributed by atoms with Crippen LogP contribution in [0, 0.1) is 35.1 Å². The normalized spacial score (nSPS) is 18.4. The number of Topliss-reactive ketones (excluding diaryl/α,β-unsaturated/α-hetero) is 3. The fourth-order valence-electron chi connectivity index (χ4n) is 8.25. The number of rotatable bonds is 20. The molecule has 1 aliphatic carbocycles. The van der Waals surface area contributed by atoms with E-state index < -0.39 is 142 Å². The minimum absolute atomic E-state index is 0.0611. The number of benzene rings is 2. The third kappa shape index (κ3) is 12.5. The summed E-state index contributed by atoms with van der Waals surface area (Å²) in [7, 11) is 0. The number of halogens is 4. The Balaban J connectivity index is 1.58. The summed E-state index contributed by atoms with van der Waals surface area (Å²) in [5.41, 5.74) is 1.77. The standard InChI is InChI=1S/C44H54F4N4O10/c1-5-12-25(40(57)29(53)17-18-32(56)50-27(21-31(49)55)23-13-8-6-9-14-23)19-30(54)28-20-26(62-44(2,3)4)22-52(28)42(59)39(24-15-10-7-11-16-24)51-41(58)33-34(43(60)61)36(46)38(48)37(47)35(33)45/h6,8-9,13-14,24-28,39H,5,7,10-12,15-22H2,1-4H3,(H2,49,55)(H,50,56)(H,51,58)(H,60,61)/t25?,26-,27?,28+,39+/m1/s1. The summed E-state index contributed by atoms with van der Waals surface area (Å²) < 4.78 is 64.4. The first-order valence-electron chi connectivity index (χ1n) is 20.8. The zero-order valence-corrected chi connectivity index (χ0v) is 35.2. The van der Waals surface area contributed by atoms with Gasteiger partial charge in [-0.15, -0.1) is 0 Å². The van der Waals surface area contributed by atoms with Gasteiger partial charge in [-0.25, -0.2) is 22.4 Å². The highest BCUT2D eigenvalue weighted by Gasteiger charge is 2.46. The van der Waals surface area contributed by atoms with Crippen molar-refractivity contribution >= 4 is 46.9 Å². The lowest BCUT2D eigenvalue weighted by molar-refractivity contribution is -0.143. The van der Waals surface area contributed by atoms with Crippen LogP contribution in [0.5, 0.6) is 0 Å². The van der Waals surface area contributed by atoms with Crippen LogP contribution in [-0.4, -0.2) is 87.3 Å². The Kier molecular flexibility index (Phi) is 17.1. The minimum atomic E-state index is -2.44. The molecule has 1 aliphatic heterocycles. The Bertz CT molecular complexity index is 2040. The Morgan fingerprint density at radius 2 is 1.47 bits per heavy atom. The van der Waals surface area contributed by atoms with E-state index >= 15 is 4.39 Å². The van der Waals surface area contributed by atoms with Gasteiger partial charge in [0.15, 0.2) is 34.8 Å². The number of amides is 4. The number of carbonyl (C=O) groups is 8. The molecule has 2 aliphatic rings. The molecule has 5 N–H and O–H groups in total. The molecule has 1 saturated heterocycles. The van der Waals surface area contributed by atoms with Crippen LogP contribution in [0.25, 0.3) is 0 Å². The zero-order chi connectivity index (χ0) is 46.1. The first-order chi connectivity index (χ1) is 29.1. The Hall–Kier alpha value is -5.52. The van der Waals surface area contributed by atoms with Crippen molar-refractivity contribution in [1.82, 2.24) is 15.5 Å². The van der Waals surface area contributed by atoms with Crippen molar-refractivity contribution in [3.8, 4) is 0 Å². The van der Waals surface area contributed by atoms with Gasteiger partial charge in [-0.2, -0.15) is 0 Å². The van der Waals surface area contributed by atoms with Crippen molar-refractivity contribution in [2.75, 3.05) is 6.54 Å². The fourth-order valence-corrected chi connectivity index (χ4v) is 8.25. The molecule has 2 aromatic carbocycles. The molecule has 0 spiro atoms. The van der Waals surface area contributed by atoms with E-state index in [0.717, 1.165) is 11.3 Å². The first-order valence-corrected chi connectivity index (χ1v) is 20.8. The highest BCUT2D eigenvalue weighted by molar-refractivity contribution is 6.38. The van der Waals surface area contributed by atoms with Gasteiger partial charge in [0.1, 0.15) is 11.6 Å². The van der Waals surface area contributed by atoms with Crippen molar-refractivity contribution in [2.24, 2.45) is 17.6 Å². The Morgan fingerprint density at radius 1 is 0.855 bits per heavy atom. The molecule has 2 aromatic rings. The number of aromatic carboxylic acids is 1. The van der Waals surface area contributed by atoms with Crippen LogP contribution in [0.1, 0.15) is 137 Å². The number of primary amides is 1. The van der Waals surface area contributed by atoms with Crippen molar-refractivity contribution in [3.63, 3.8) is 0 Å². The van der Waals surface area contributed by atoms with Gasteiger partial charge < -0.3 is 31.1 Å². The van der Waals surface area contributed by atoms with Crippen molar-refractivity contribution in [2.45, 2.75) is 135 Å². The lowest BCUT2D eigenvalue weighted by atomic mass is 9.82. The number of carboxylic acid groups (broad SMARTS) is 1. The van der Waals surface area contributed by atoms with Gasteiger partial charge in [-0.3, -0.25) is 33.6 Å². The second-order valence-corrected chi connectivity index (χ2v) is 16.9. The summed E-state index contributed by atoms with van der Waals surface area (Å²) >= 11 is 0. The molecule has 2 unspecified atom stereocenters. The fraction of sp³-hybridized carbons (Fsp3) is 0.545. The predicted octanol–water partition coefficient (Wildman–Crippen LogP) is 5.43. The van der Waals surface area contributed by atoms with Gasteiger partial charge in [0.25, 0.3) is 5.91 Å². The lowest BCUT2D eigenvalue weighted by Crippen LogP contribution is -2.55. The van der Waals surface area contributed by atoms with Crippen LogP contribution in [0.15, 0.2) is 30.3 Å². The molecule has 0 aromatic heterocycles. The number of nitrogens with one attached hydrogen (secondary N) is 2. The highest BCUT2D eigenvalue weighted by Crippen LogP contribution is 2.33. The van der Waals surface area contributed by atoms with E-state index in [2.05, 4.69) is 10.6 Å². The molecule has 5 atom stereocenters. The smallest absolute Gasteiger partial charge is 0.339 e. The van der Waals surface area contributed by atoms with Crippen LogP contribution in [0.2, 0.25) is 0 Å². The second kappa shape index (κ2) is 21.5. The van der Waals surface area contributed by atoms with Crippen LogP contribution in [0.4, 0.5) is 17.6 Å². The van der Waals surface area contributed by atoms with Gasteiger partial charge in [-0.1, -0.05) is 62.9 Å². The maximum Gasteiger partial charge on any atom is 0.339 e. The molecule has 0 radical (unpaired) electrons. The molecule has 1 saturated carbocycles. The number of carboxylic acids is 1. The molecular formula is C44H54F4N4O10. The number of nitrogens with two attached hydrogens (primary N) is 1. The molecule has 4 amide bonds. The molecule has 0 bridgehead atoms.